The van der Waals surface area contributed by atoms with Gasteiger partial charge in [0.1, 0.15) is 5.82 Å². The van der Waals surface area contributed by atoms with Gasteiger partial charge in [0, 0.05) is 12.1 Å². The summed E-state index contributed by atoms with van der Waals surface area (Å²) >= 11 is -2.24. The lowest BCUT2D eigenvalue weighted by Gasteiger charge is -2.11. The number of hydrogen-bond acceptors (Lipinski definition) is 5. The number of hydrogen-bond donors (Lipinski definition) is 2. The molecule has 2 aromatic carbocycles. The Morgan fingerprint density at radius 3 is 2.67 bits per heavy atom. The van der Waals surface area contributed by atoms with Crippen LogP contribution < -0.4 is 9.46 Å². The number of halogens is 3. The van der Waals surface area contributed by atoms with Crippen LogP contribution >= 0.6 is 0 Å². The van der Waals surface area contributed by atoms with Crippen molar-refractivity contribution in [1.82, 2.24) is 14.7 Å². The highest BCUT2D eigenvalue weighted by Gasteiger charge is 2.25. The maximum absolute atomic E-state index is 14.9. The first-order valence-corrected chi connectivity index (χ1v) is 9.78. The Labute approximate surface area is 171 Å². The second kappa shape index (κ2) is 9.28. The monoisotopic (exact) mass is 439 g/mol. The Balaban J connectivity index is 1.96. The third kappa shape index (κ3) is 4.64. The van der Waals surface area contributed by atoms with Crippen LogP contribution in [0.15, 0.2) is 30.5 Å². The molecule has 0 radical (unpaired) electrons. The van der Waals surface area contributed by atoms with Crippen LogP contribution in [0, 0.1) is 17.5 Å². The highest BCUT2D eigenvalue weighted by atomic mass is 32.2. The normalized spacial score (nSPS) is 12.2. The fourth-order valence-corrected chi connectivity index (χ4v) is 3.17. The number of fused-ring (bicyclic) bond motifs is 1. The number of ether oxygens (including phenoxy) is 1. The maximum Gasteiger partial charge on any atom is 0.232 e. The Kier molecular flexibility index (Phi) is 6.75. The quantitative estimate of drug-likeness (QED) is 0.242. The molecule has 1 atom stereocenters. The van der Waals surface area contributed by atoms with Gasteiger partial charge in [-0.25, -0.2) is 32.1 Å². The molecule has 0 spiro atoms. The van der Waals surface area contributed by atoms with Crippen LogP contribution in [0.1, 0.15) is 27.9 Å². The van der Waals surface area contributed by atoms with Crippen LogP contribution in [0.3, 0.4) is 0 Å². The Morgan fingerprint density at radius 1 is 1.20 bits per heavy atom. The number of aromatic nitrogens is 2. The minimum Gasteiger partial charge on any atom is -0.480 e. The van der Waals surface area contributed by atoms with Gasteiger partial charge in [0.05, 0.1) is 29.9 Å². The molecule has 30 heavy (non-hydrogen) atoms. The van der Waals surface area contributed by atoms with Gasteiger partial charge < -0.3 is 4.74 Å². The Morgan fingerprint density at radius 2 is 1.97 bits per heavy atom. The average Bonchev–Trinajstić information content (AvgIpc) is 2.73. The Bertz CT molecular complexity index is 1140. The molecule has 0 bridgehead atoms. The lowest BCUT2D eigenvalue weighted by molar-refractivity contribution is 0.102. The molecule has 3 rings (SSSR count). The van der Waals surface area contributed by atoms with E-state index in [1.54, 1.807) is 0 Å². The van der Waals surface area contributed by atoms with Gasteiger partial charge in [-0.1, -0.05) is 0 Å². The average molecular weight is 439 g/mol. The summed E-state index contributed by atoms with van der Waals surface area (Å²) in [7, 11) is 1.39. The molecule has 0 fully saturated rings. The molecule has 2 N–H and O–H groups in total. The van der Waals surface area contributed by atoms with Gasteiger partial charge in [-0.15, -0.1) is 0 Å². The van der Waals surface area contributed by atoms with E-state index in [9.17, 15) is 22.2 Å². The van der Waals surface area contributed by atoms with Gasteiger partial charge >= 0.3 is 0 Å². The third-order valence-electron chi connectivity index (χ3n) is 4.30. The second-order valence-corrected chi connectivity index (χ2v) is 7.00. The first-order valence-electron chi connectivity index (χ1n) is 8.68. The molecule has 3 aromatic rings. The fourth-order valence-electron chi connectivity index (χ4n) is 2.85. The molecule has 0 saturated carbocycles. The number of benzene rings is 2. The van der Waals surface area contributed by atoms with Crippen molar-refractivity contribution in [2.45, 2.75) is 12.8 Å². The third-order valence-corrected chi connectivity index (χ3v) is 4.75. The molecular formula is C19H16F3N3O4S. The zero-order valence-electron chi connectivity index (χ0n) is 15.6. The second-order valence-electron chi connectivity index (χ2n) is 6.21. The first-order chi connectivity index (χ1) is 14.3. The SMILES string of the molecule is COc1cnc2ccc(C(=O)c3c(F)c(F)cc(CCCNS(=O)O)c3F)cc2n1. The van der Waals surface area contributed by atoms with Crippen molar-refractivity contribution in [3.63, 3.8) is 0 Å². The zero-order chi connectivity index (χ0) is 21.8. The molecule has 0 aliphatic rings. The van der Waals surface area contributed by atoms with Crippen molar-refractivity contribution in [3.8, 4) is 5.88 Å². The number of nitrogens with zero attached hydrogens (tertiary/aromatic N) is 2. The van der Waals surface area contributed by atoms with E-state index in [-0.39, 0.29) is 41.9 Å². The molecule has 0 aliphatic heterocycles. The minimum absolute atomic E-state index is 0.0377. The minimum atomic E-state index is -2.24. The van der Waals surface area contributed by atoms with Crippen molar-refractivity contribution in [2.75, 3.05) is 13.7 Å². The topological polar surface area (TPSA) is 101 Å². The van der Waals surface area contributed by atoms with Crippen LogP contribution in [-0.2, 0) is 17.7 Å². The van der Waals surface area contributed by atoms with E-state index in [2.05, 4.69) is 14.7 Å². The van der Waals surface area contributed by atoms with Gasteiger partial charge in [0.25, 0.3) is 0 Å². The zero-order valence-corrected chi connectivity index (χ0v) is 16.4. The van der Waals surface area contributed by atoms with Gasteiger partial charge in [-0.3, -0.25) is 9.35 Å². The largest absolute Gasteiger partial charge is 0.480 e. The number of carbonyl (C=O) groups is 1. The number of nitrogens with one attached hydrogen (secondary N) is 1. The van der Waals surface area contributed by atoms with E-state index in [0.717, 1.165) is 0 Å². The summed E-state index contributed by atoms with van der Waals surface area (Å²) in [5, 5.41) is 0. The highest BCUT2D eigenvalue weighted by Crippen LogP contribution is 2.25. The van der Waals surface area contributed by atoms with Crippen molar-refractivity contribution in [3.05, 3.63) is 64.6 Å². The predicted octanol–water partition coefficient (Wildman–Crippen LogP) is 2.95. The standard InChI is InChI=1S/C19H16F3N3O4S/c1-29-15-9-23-13-5-4-11(8-14(13)25-15)19(26)16-17(21)10(7-12(20)18(16)22)3-2-6-24-30(27)28/h4-5,7-9,24H,2-3,6H2,1H3,(H,27,28). The summed E-state index contributed by atoms with van der Waals surface area (Å²) in [5.41, 5.74) is -0.636. The molecule has 158 valence electrons. The number of rotatable bonds is 8. The number of ketones is 1. The lowest BCUT2D eigenvalue weighted by atomic mass is 9.97. The molecule has 0 amide bonds. The van der Waals surface area contributed by atoms with Crippen LogP contribution in [0.4, 0.5) is 13.2 Å². The van der Waals surface area contributed by atoms with Crippen LogP contribution in [0.25, 0.3) is 11.0 Å². The van der Waals surface area contributed by atoms with Crippen LogP contribution in [-0.4, -0.2) is 38.2 Å². The van der Waals surface area contributed by atoms with E-state index < -0.39 is 40.1 Å². The van der Waals surface area contributed by atoms with Crippen molar-refractivity contribution in [2.24, 2.45) is 0 Å². The lowest BCUT2D eigenvalue weighted by Crippen LogP contribution is -2.18. The summed E-state index contributed by atoms with van der Waals surface area (Å²) in [5.74, 6) is -4.99. The van der Waals surface area contributed by atoms with Crippen molar-refractivity contribution >= 4 is 28.1 Å². The smallest absolute Gasteiger partial charge is 0.232 e. The fraction of sp³-hybridized carbons (Fsp3) is 0.211. The number of aryl methyl sites for hydroxylation is 1. The van der Waals surface area contributed by atoms with Gasteiger partial charge in [0.15, 0.2) is 17.4 Å². The summed E-state index contributed by atoms with van der Waals surface area (Å²) in [6, 6.07) is 4.73. The molecule has 1 heterocycles. The molecule has 7 nitrogen and oxygen atoms in total. The molecule has 11 heteroatoms. The maximum atomic E-state index is 14.9. The van der Waals surface area contributed by atoms with E-state index in [4.69, 9.17) is 9.29 Å². The summed E-state index contributed by atoms with van der Waals surface area (Å²) in [6.07, 6.45) is 1.46. The molecule has 1 unspecified atom stereocenters. The Hall–Kier alpha value is -2.89. The van der Waals surface area contributed by atoms with Crippen molar-refractivity contribution in [1.29, 1.82) is 0 Å². The molecule has 0 saturated heterocycles. The number of carbonyl (C=O) groups excluding carboxylic acids is 1. The summed E-state index contributed by atoms with van der Waals surface area (Å²) in [6.45, 7) is 0.0377. The van der Waals surface area contributed by atoms with E-state index in [1.165, 1.54) is 31.5 Å². The predicted molar refractivity (Wildman–Crippen MR) is 103 cm³/mol. The van der Waals surface area contributed by atoms with E-state index in [1.807, 2.05) is 0 Å². The number of methoxy groups -OCH3 is 1. The van der Waals surface area contributed by atoms with Gasteiger partial charge in [-0.2, -0.15) is 0 Å². The first kappa shape index (κ1) is 21.8. The molecule has 0 aliphatic carbocycles. The van der Waals surface area contributed by atoms with Gasteiger partial charge in [-0.05, 0) is 42.7 Å². The highest BCUT2D eigenvalue weighted by molar-refractivity contribution is 7.77. The van der Waals surface area contributed by atoms with Crippen LogP contribution in [0.2, 0.25) is 0 Å². The summed E-state index contributed by atoms with van der Waals surface area (Å²) in [4.78, 5) is 21.0. The van der Waals surface area contributed by atoms with Crippen LogP contribution in [0.5, 0.6) is 5.88 Å². The molecule has 1 aromatic heterocycles. The van der Waals surface area contributed by atoms with Gasteiger partial charge in [0.2, 0.25) is 17.1 Å². The summed E-state index contributed by atoms with van der Waals surface area (Å²) < 4.78 is 69.6. The van der Waals surface area contributed by atoms with Crippen molar-refractivity contribution < 1.29 is 31.5 Å². The van der Waals surface area contributed by atoms with E-state index in [0.29, 0.717) is 11.6 Å². The molecular weight excluding hydrogens is 423 g/mol. The van der Waals surface area contributed by atoms with E-state index >= 15 is 0 Å².